The van der Waals surface area contributed by atoms with Crippen molar-refractivity contribution in [1.29, 1.82) is 0 Å². The van der Waals surface area contributed by atoms with Crippen LogP contribution in [0.25, 0.3) is 0 Å². The fourth-order valence-corrected chi connectivity index (χ4v) is 2.19. The zero-order valence-corrected chi connectivity index (χ0v) is 12.4. The van der Waals surface area contributed by atoms with Gasteiger partial charge in [0.1, 0.15) is 5.82 Å². The largest absolute Gasteiger partial charge is 0.384 e. The molecule has 0 spiro atoms. The van der Waals surface area contributed by atoms with Gasteiger partial charge in [0.15, 0.2) is 0 Å². The molecule has 5 nitrogen and oxygen atoms in total. The minimum atomic E-state index is -0.141. The number of nitrogens with two attached hydrogens (primary N) is 1. The third-order valence-corrected chi connectivity index (χ3v) is 3.37. The maximum absolute atomic E-state index is 12.3. The molecule has 1 atom stereocenters. The lowest BCUT2D eigenvalue weighted by Gasteiger charge is -2.24. The number of ether oxygens (including phenoxy) is 1. The van der Waals surface area contributed by atoms with Crippen LogP contribution < -0.4 is 11.1 Å². The summed E-state index contributed by atoms with van der Waals surface area (Å²) in [5.41, 5.74) is 7.06. The van der Waals surface area contributed by atoms with Crippen LogP contribution in [0, 0.1) is 0 Å². The molecule has 1 amide bonds. The van der Waals surface area contributed by atoms with Crippen molar-refractivity contribution in [2.75, 3.05) is 18.9 Å². The summed E-state index contributed by atoms with van der Waals surface area (Å²) < 4.78 is 5.37. The van der Waals surface area contributed by atoms with Crippen LogP contribution in [0.4, 0.5) is 5.82 Å². The number of hydrogen-bond donors (Lipinski definition) is 2. The number of aromatic nitrogens is 1. The molecule has 2 heterocycles. The van der Waals surface area contributed by atoms with Gasteiger partial charge >= 0.3 is 0 Å². The third kappa shape index (κ3) is 3.70. The first-order valence-electron chi connectivity index (χ1n) is 7.03. The Labute approximate surface area is 119 Å². The first kappa shape index (κ1) is 14.8. The van der Waals surface area contributed by atoms with Crippen molar-refractivity contribution in [1.82, 2.24) is 10.3 Å². The van der Waals surface area contributed by atoms with Crippen molar-refractivity contribution in [3.8, 4) is 0 Å². The van der Waals surface area contributed by atoms with Crippen molar-refractivity contribution >= 4 is 11.7 Å². The molecule has 5 heteroatoms. The summed E-state index contributed by atoms with van der Waals surface area (Å²) in [5.74, 6) is 0.266. The van der Waals surface area contributed by atoms with Gasteiger partial charge in [0, 0.05) is 23.3 Å². The third-order valence-electron chi connectivity index (χ3n) is 3.37. The van der Waals surface area contributed by atoms with Gasteiger partial charge < -0.3 is 15.8 Å². The van der Waals surface area contributed by atoms with Crippen LogP contribution in [0.1, 0.15) is 49.7 Å². The minimum Gasteiger partial charge on any atom is -0.384 e. The molecule has 0 saturated carbocycles. The van der Waals surface area contributed by atoms with Gasteiger partial charge in [-0.15, -0.1) is 0 Å². The molecule has 110 valence electrons. The van der Waals surface area contributed by atoms with E-state index >= 15 is 0 Å². The van der Waals surface area contributed by atoms with E-state index in [-0.39, 0.29) is 17.4 Å². The quantitative estimate of drug-likeness (QED) is 0.865. The molecule has 0 radical (unpaired) electrons. The number of nitrogens with zero attached hydrogens (tertiary/aromatic N) is 1. The summed E-state index contributed by atoms with van der Waals surface area (Å²) in [5, 5.41) is 2.99. The van der Waals surface area contributed by atoms with Gasteiger partial charge in [-0.2, -0.15) is 0 Å². The summed E-state index contributed by atoms with van der Waals surface area (Å²) in [6, 6.07) is 3.52. The van der Waals surface area contributed by atoms with E-state index in [0.29, 0.717) is 18.0 Å². The molecule has 1 aromatic heterocycles. The summed E-state index contributed by atoms with van der Waals surface area (Å²) in [6.45, 7) is 7.50. The highest BCUT2D eigenvalue weighted by Gasteiger charge is 2.21. The van der Waals surface area contributed by atoms with Gasteiger partial charge in [0.05, 0.1) is 12.6 Å². The van der Waals surface area contributed by atoms with Crippen LogP contribution in [-0.2, 0) is 10.2 Å². The van der Waals surface area contributed by atoms with E-state index in [4.69, 9.17) is 10.5 Å². The lowest BCUT2D eigenvalue weighted by Crippen LogP contribution is -2.40. The topological polar surface area (TPSA) is 77.2 Å². The van der Waals surface area contributed by atoms with Crippen molar-refractivity contribution in [2.24, 2.45) is 0 Å². The van der Waals surface area contributed by atoms with Crippen LogP contribution in [0.5, 0.6) is 0 Å². The lowest BCUT2D eigenvalue weighted by atomic mass is 9.90. The van der Waals surface area contributed by atoms with Gasteiger partial charge in [-0.3, -0.25) is 4.79 Å². The van der Waals surface area contributed by atoms with E-state index < -0.39 is 0 Å². The van der Waals surface area contributed by atoms with Gasteiger partial charge in [0.2, 0.25) is 0 Å². The van der Waals surface area contributed by atoms with Crippen molar-refractivity contribution in [3.63, 3.8) is 0 Å². The summed E-state index contributed by atoms with van der Waals surface area (Å²) in [4.78, 5) is 16.6. The van der Waals surface area contributed by atoms with Crippen LogP contribution >= 0.6 is 0 Å². The average molecular weight is 277 g/mol. The number of amides is 1. The fraction of sp³-hybridized carbons (Fsp3) is 0.600. The molecule has 3 N–H and O–H groups in total. The summed E-state index contributed by atoms with van der Waals surface area (Å²) >= 11 is 0. The number of carbonyl (C=O) groups is 1. The Morgan fingerprint density at radius 1 is 1.45 bits per heavy atom. The number of nitrogen functional groups attached to an aromatic ring is 1. The highest BCUT2D eigenvalue weighted by molar-refractivity contribution is 5.95. The molecule has 0 aromatic carbocycles. The maximum atomic E-state index is 12.3. The molecule has 20 heavy (non-hydrogen) atoms. The van der Waals surface area contributed by atoms with E-state index in [2.05, 4.69) is 10.3 Å². The molecule has 1 unspecified atom stereocenters. The number of nitrogens with one attached hydrogen (secondary N) is 1. The van der Waals surface area contributed by atoms with Gasteiger partial charge in [-0.25, -0.2) is 4.98 Å². The standard InChI is InChI=1S/C15H23N3O2/c1-15(2,3)12-7-10(8-13(16)18-12)14(19)17-11-5-4-6-20-9-11/h7-8,11H,4-6,9H2,1-3H3,(H2,16,18)(H,17,19). The summed E-state index contributed by atoms with van der Waals surface area (Å²) in [6.07, 6.45) is 1.94. The Balaban J connectivity index is 2.14. The normalized spacial score (nSPS) is 19.6. The zero-order valence-electron chi connectivity index (χ0n) is 12.4. The SMILES string of the molecule is CC(C)(C)c1cc(C(=O)NC2CCCOC2)cc(N)n1. The second-order valence-electron chi connectivity index (χ2n) is 6.30. The molecule has 1 aromatic rings. The Kier molecular flexibility index (Phi) is 4.28. The predicted octanol–water partition coefficient (Wildman–Crippen LogP) is 1.87. The zero-order chi connectivity index (χ0) is 14.8. The van der Waals surface area contributed by atoms with E-state index in [1.54, 1.807) is 6.07 Å². The number of anilines is 1. The minimum absolute atomic E-state index is 0.0868. The maximum Gasteiger partial charge on any atom is 0.251 e. The molecule has 0 aliphatic carbocycles. The molecular formula is C15H23N3O2. The van der Waals surface area contributed by atoms with Gasteiger partial charge in [-0.1, -0.05) is 20.8 Å². The number of hydrogen-bond acceptors (Lipinski definition) is 4. The smallest absolute Gasteiger partial charge is 0.251 e. The van der Waals surface area contributed by atoms with Gasteiger partial charge in [0.25, 0.3) is 5.91 Å². The average Bonchev–Trinajstić information content (AvgIpc) is 2.38. The Bertz CT molecular complexity index is 488. The number of carbonyl (C=O) groups excluding carboxylic acids is 1. The molecule has 1 fully saturated rings. The molecule has 1 aliphatic rings. The second-order valence-corrected chi connectivity index (χ2v) is 6.30. The first-order valence-corrected chi connectivity index (χ1v) is 7.03. The highest BCUT2D eigenvalue weighted by atomic mass is 16.5. The van der Waals surface area contributed by atoms with Crippen LogP contribution in [-0.4, -0.2) is 30.1 Å². The lowest BCUT2D eigenvalue weighted by molar-refractivity contribution is 0.0624. The van der Waals surface area contributed by atoms with E-state index in [1.807, 2.05) is 26.8 Å². The van der Waals surface area contributed by atoms with Crippen molar-refractivity contribution in [2.45, 2.75) is 45.1 Å². The first-order chi connectivity index (χ1) is 9.36. The number of pyridine rings is 1. The molecule has 2 rings (SSSR count). The monoisotopic (exact) mass is 277 g/mol. The molecule has 0 bridgehead atoms. The van der Waals surface area contributed by atoms with E-state index in [0.717, 1.165) is 25.1 Å². The predicted molar refractivity (Wildman–Crippen MR) is 78.7 cm³/mol. The Morgan fingerprint density at radius 3 is 2.80 bits per heavy atom. The van der Waals surface area contributed by atoms with Crippen LogP contribution in [0.15, 0.2) is 12.1 Å². The Morgan fingerprint density at radius 2 is 2.20 bits per heavy atom. The molecular weight excluding hydrogens is 254 g/mol. The number of rotatable bonds is 2. The fourth-order valence-electron chi connectivity index (χ4n) is 2.19. The Hall–Kier alpha value is -1.62. The van der Waals surface area contributed by atoms with E-state index in [9.17, 15) is 4.79 Å². The van der Waals surface area contributed by atoms with Crippen molar-refractivity contribution < 1.29 is 9.53 Å². The van der Waals surface area contributed by atoms with Crippen LogP contribution in [0.2, 0.25) is 0 Å². The second kappa shape index (κ2) is 5.79. The van der Waals surface area contributed by atoms with Crippen molar-refractivity contribution in [3.05, 3.63) is 23.4 Å². The molecule has 1 aliphatic heterocycles. The van der Waals surface area contributed by atoms with Crippen LogP contribution in [0.3, 0.4) is 0 Å². The van der Waals surface area contributed by atoms with Gasteiger partial charge in [-0.05, 0) is 25.0 Å². The van der Waals surface area contributed by atoms with E-state index in [1.165, 1.54) is 0 Å². The highest BCUT2D eigenvalue weighted by Crippen LogP contribution is 2.22. The summed E-state index contributed by atoms with van der Waals surface area (Å²) in [7, 11) is 0. The molecule has 1 saturated heterocycles.